The summed E-state index contributed by atoms with van der Waals surface area (Å²) < 4.78 is 15.0. The zero-order valence-corrected chi connectivity index (χ0v) is 15.8. The van der Waals surface area contributed by atoms with Crippen LogP contribution in [0.25, 0.3) is 4.85 Å². The van der Waals surface area contributed by atoms with E-state index in [1.54, 1.807) is 47.8 Å². The summed E-state index contributed by atoms with van der Waals surface area (Å²) in [6.07, 6.45) is 4.08. The third kappa shape index (κ3) is 3.75. The van der Waals surface area contributed by atoms with E-state index in [0.717, 1.165) is 16.8 Å². The molecule has 0 spiro atoms. The Balaban J connectivity index is 0.00000225. The van der Waals surface area contributed by atoms with E-state index in [4.69, 9.17) is 6.57 Å². The number of rotatable bonds is 4. The summed E-state index contributed by atoms with van der Waals surface area (Å²) in [6, 6.07) is 13.0. The van der Waals surface area contributed by atoms with Crippen molar-refractivity contribution >= 4 is 24.0 Å². The van der Waals surface area contributed by atoms with Gasteiger partial charge in [-0.15, -0.1) is 12.4 Å². The van der Waals surface area contributed by atoms with Crippen molar-refractivity contribution in [2.75, 3.05) is 6.54 Å². The minimum atomic E-state index is -0.522. The minimum absolute atomic E-state index is 0. The number of hydrogen-bond donors (Lipinski definition) is 0. The topological polar surface area (TPSA) is 42.5 Å². The van der Waals surface area contributed by atoms with Crippen LogP contribution >= 0.6 is 12.4 Å². The molecular weight excluding hydrogens is 379 g/mol. The molecule has 2 aromatic carbocycles. The highest BCUT2D eigenvalue weighted by atomic mass is 35.5. The summed E-state index contributed by atoms with van der Waals surface area (Å²) in [5, 5.41) is 0. The normalized spacial score (nSPS) is 15.5. The van der Waals surface area contributed by atoms with E-state index in [-0.39, 0.29) is 24.1 Å². The van der Waals surface area contributed by atoms with E-state index < -0.39 is 6.04 Å². The molecule has 0 radical (unpaired) electrons. The van der Waals surface area contributed by atoms with Crippen LogP contribution in [0.5, 0.6) is 0 Å². The standard InChI is InChI=1S/C21H17FN4O.ClH/c1-23-18-4-2-3-16(11-18)20-21(27)25(13-19-12-24-14-26(19)20)10-9-15-5-7-17(22)8-6-15;/h2-8,11-12,14,20H,9-10,13H2;1H. The van der Waals surface area contributed by atoms with Crippen LogP contribution in [0.3, 0.4) is 0 Å². The molecule has 7 heteroatoms. The van der Waals surface area contributed by atoms with Gasteiger partial charge in [-0.1, -0.05) is 36.4 Å². The molecule has 1 aliphatic heterocycles. The number of imidazole rings is 1. The van der Waals surface area contributed by atoms with Gasteiger partial charge in [-0.3, -0.25) is 4.79 Å². The van der Waals surface area contributed by atoms with E-state index in [0.29, 0.717) is 25.2 Å². The lowest BCUT2D eigenvalue weighted by atomic mass is 10.0. The first-order valence-corrected chi connectivity index (χ1v) is 8.67. The summed E-state index contributed by atoms with van der Waals surface area (Å²) >= 11 is 0. The molecule has 0 N–H and O–H groups in total. The van der Waals surface area contributed by atoms with Gasteiger partial charge in [0.05, 0.1) is 25.1 Å². The Morgan fingerprint density at radius 3 is 2.75 bits per heavy atom. The van der Waals surface area contributed by atoms with Crippen LogP contribution in [-0.4, -0.2) is 26.9 Å². The van der Waals surface area contributed by atoms with Crippen molar-refractivity contribution in [1.29, 1.82) is 0 Å². The lowest BCUT2D eigenvalue weighted by molar-refractivity contribution is -0.136. The molecule has 0 bridgehead atoms. The van der Waals surface area contributed by atoms with Crippen molar-refractivity contribution in [2.45, 2.75) is 19.0 Å². The van der Waals surface area contributed by atoms with E-state index in [1.165, 1.54) is 12.1 Å². The van der Waals surface area contributed by atoms with Gasteiger partial charge in [-0.25, -0.2) is 14.2 Å². The number of nitrogens with zero attached hydrogens (tertiary/aromatic N) is 4. The van der Waals surface area contributed by atoms with Crippen molar-refractivity contribution in [3.63, 3.8) is 0 Å². The Morgan fingerprint density at radius 2 is 2.00 bits per heavy atom. The number of amides is 1. The van der Waals surface area contributed by atoms with Crippen molar-refractivity contribution in [3.05, 3.63) is 95.1 Å². The highest BCUT2D eigenvalue weighted by Crippen LogP contribution is 2.30. The predicted octanol–water partition coefficient (Wildman–Crippen LogP) is 4.17. The number of hydrogen-bond acceptors (Lipinski definition) is 2. The number of carbonyl (C=O) groups excluding carboxylic acids is 1. The second-order valence-corrected chi connectivity index (χ2v) is 6.54. The van der Waals surface area contributed by atoms with Gasteiger partial charge in [-0.05, 0) is 29.7 Å². The zero-order valence-electron chi connectivity index (χ0n) is 15.0. The number of carbonyl (C=O) groups is 1. The third-order valence-electron chi connectivity index (χ3n) is 4.82. The monoisotopic (exact) mass is 396 g/mol. The molecule has 4 rings (SSSR count). The van der Waals surface area contributed by atoms with Gasteiger partial charge in [0.2, 0.25) is 0 Å². The van der Waals surface area contributed by atoms with Gasteiger partial charge < -0.3 is 9.47 Å². The van der Waals surface area contributed by atoms with E-state index in [1.807, 2.05) is 10.6 Å². The molecule has 1 unspecified atom stereocenters. The van der Waals surface area contributed by atoms with Crippen molar-refractivity contribution in [1.82, 2.24) is 14.5 Å². The van der Waals surface area contributed by atoms with E-state index in [2.05, 4.69) is 9.83 Å². The maximum atomic E-state index is 13.2. The number of benzene rings is 2. The molecule has 0 aliphatic carbocycles. The van der Waals surface area contributed by atoms with Crippen LogP contribution in [0.15, 0.2) is 61.1 Å². The Bertz CT molecular complexity index is 1030. The Morgan fingerprint density at radius 1 is 1.21 bits per heavy atom. The average molecular weight is 397 g/mol. The van der Waals surface area contributed by atoms with Crippen LogP contribution < -0.4 is 0 Å². The summed E-state index contributed by atoms with van der Waals surface area (Å²) in [5.41, 5.74) is 3.21. The van der Waals surface area contributed by atoms with Gasteiger partial charge in [0.1, 0.15) is 11.9 Å². The molecule has 0 saturated carbocycles. The Hall–Kier alpha value is -3.17. The largest absolute Gasteiger partial charge is 0.334 e. The summed E-state index contributed by atoms with van der Waals surface area (Å²) in [4.78, 5) is 22.7. The minimum Gasteiger partial charge on any atom is -0.334 e. The molecule has 0 saturated heterocycles. The Labute approximate surface area is 168 Å². The van der Waals surface area contributed by atoms with Gasteiger partial charge in [0, 0.05) is 12.7 Å². The Kier molecular flexibility index (Phi) is 5.76. The van der Waals surface area contributed by atoms with Gasteiger partial charge in [0.15, 0.2) is 5.69 Å². The molecule has 3 aromatic rings. The van der Waals surface area contributed by atoms with E-state index >= 15 is 0 Å². The molecule has 28 heavy (non-hydrogen) atoms. The molecular formula is C21H18ClFN4O. The van der Waals surface area contributed by atoms with Gasteiger partial charge >= 0.3 is 0 Å². The second-order valence-electron chi connectivity index (χ2n) is 6.54. The fraction of sp³-hybridized carbons (Fsp3) is 0.190. The van der Waals surface area contributed by atoms with Crippen molar-refractivity contribution in [2.24, 2.45) is 0 Å². The fourth-order valence-electron chi connectivity index (χ4n) is 3.42. The quantitative estimate of drug-likeness (QED) is 0.621. The molecule has 1 amide bonds. The molecule has 2 heterocycles. The average Bonchev–Trinajstić information content (AvgIpc) is 3.15. The number of fused-ring (bicyclic) bond motifs is 1. The molecule has 1 aliphatic rings. The fourth-order valence-corrected chi connectivity index (χ4v) is 3.42. The summed E-state index contributed by atoms with van der Waals surface area (Å²) in [6.45, 7) is 8.24. The highest BCUT2D eigenvalue weighted by molar-refractivity contribution is 5.85. The zero-order chi connectivity index (χ0) is 18.8. The lowest BCUT2D eigenvalue weighted by Crippen LogP contribution is -2.43. The summed E-state index contributed by atoms with van der Waals surface area (Å²) in [5.74, 6) is -0.291. The third-order valence-corrected chi connectivity index (χ3v) is 4.82. The molecule has 1 aromatic heterocycles. The lowest BCUT2D eigenvalue weighted by Gasteiger charge is -2.34. The van der Waals surface area contributed by atoms with Crippen LogP contribution in [-0.2, 0) is 17.8 Å². The van der Waals surface area contributed by atoms with Crippen LogP contribution in [0.1, 0.15) is 22.9 Å². The van der Waals surface area contributed by atoms with Gasteiger partial charge in [0.25, 0.3) is 5.91 Å². The van der Waals surface area contributed by atoms with Crippen molar-refractivity contribution < 1.29 is 9.18 Å². The van der Waals surface area contributed by atoms with Crippen molar-refractivity contribution in [3.8, 4) is 0 Å². The van der Waals surface area contributed by atoms with Crippen LogP contribution in [0, 0.1) is 12.4 Å². The predicted molar refractivity (Wildman–Crippen MR) is 106 cm³/mol. The van der Waals surface area contributed by atoms with Gasteiger partial charge in [-0.2, -0.15) is 0 Å². The van der Waals surface area contributed by atoms with E-state index in [9.17, 15) is 9.18 Å². The van der Waals surface area contributed by atoms with Crippen LogP contribution in [0.2, 0.25) is 0 Å². The SMILES string of the molecule is Cl.[C-]#[N+]c1cccc(C2C(=O)N(CCc3ccc(F)cc3)Cc3cncn32)c1. The number of aromatic nitrogens is 2. The first kappa shape index (κ1) is 19.6. The first-order valence-electron chi connectivity index (χ1n) is 8.67. The smallest absolute Gasteiger partial charge is 0.250 e. The molecule has 142 valence electrons. The van der Waals surface area contributed by atoms with Crippen LogP contribution in [0.4, 0.5) is 10.1 Å². The maximum absolute atomic E-state index is 13.2. The second kappa shape index (κ2) is 8.24. The summed E-state index contributed by atoms with van der Waals surface area (Å²) in [7, 11) is 0. The molecule has 5 nitrogen and oxygen atoms in total. The first-order chi connectivity index (χ1) is 13.2. The number of halogens is 2. The molecule has 0 fully saturated rings. The highest BCUT2D eigenvalue weighted by Gasteiger charge is 2.33. The maximum Gasteiger partial charge on any atom is 0.250 e. The molecule has 1 atom stereocenters.